The molecule has 5 atom stereocenters. The van der Waals surface area contributed by atoms with Crippen LogP contribution in [0.2, 0.25) is 0 Å². The first-order chi connectivity index (χ1) is 21.4. The smallest absolute Gasteiger partial charge is 0.408 e. The highest BCUT2D eigenvalue weighted by Gasteiger charge is 2.61. The van der Waals surface area contributed by atoms with Crippen molar-refractivity contribution in [2.45, 2.75) is 108 Å². The Hall–Kier alpha value is -4.09. The number of nitrogens with one attached hydrogen (secondary N) is 3. The van der Waals surface area contributed by atoms with Crippen LogP contribution in [-0.2, 0) is 32.1 Å². The lowest BCUT2D eigenvalue weighted by Crippen LogP contribution is -2.56. The number of aliphatic carboxylic acids is 1. The number of urea groups is 1. The van der Waals surface area contributed by atoms with Crippen molar-refractivity contribution < 1.29 is 33.8 Å². The first-order valence-electron chi connectivity index (χ1n) is 16.0. The van der Waals surface area contributed by atoms with Gasteiger partial charge in [-0.15, -0.1) is 0 Å². The average Bonchev–Trinajstić information content (AvgIpc) is 3.51. The van der Waals surface area contributed by atoms with Gasteiger partial charge in [0.05, 0.1) is 6.04 Å². The van der Waals surface area contributed by atoms with Gasteiger partial charge in [0.1, 0.15) is 23.2 Å². The van der Waals surface area contributed by atoms with Crippen molar-refractivity contribution in [1.82, 2.24) is 25.8 Å². The van der Waals surface area contributed by atoms with Crippen LogP contribution in [0.1, 0.15) is 76.8 Å². The Morgan fingerprint density at radius 2 is 1.82 bits per heavy atom. The summed E-state index contributed by atoms with van der Waals surface area (Å²) in [6.07, 6.45) is 7.58. The molecule has 0 radical (unpaired) electrons. The fourth-order valence-corrected chi connectivity index (χ4v) is 6.59. The van der Waals surface area contributed by atoms with Crippen molar-refractivity contribution in [1.29, 1.82) is 0 Å². The summed E-state index contributed by atoms with van der Waals surface area (Å²) in [5.74, 6) is -2.51. The minimum Gasteiger partial charge on any atom is -0.479 e. The van der Waals surface area contributed by atoms with Gasteiger partial charge in [-0.25, -0.2) is 14.4 Å². The maximum absolute atomic E-state index is 14.1. The highest BCUT2D eigenvalue weighted by molar-refractivity contribution is 5.96. The second-order valence-corrected chi connectivity index (χ2v) is 13.7. The van der Waals surface area contributed by atoms with Crippen LogP contribution in [0.15, 0.2) is 36.4 Å². The molecule has 12 heteroatoms. The highest BCUT2D eigenvalue weighted by atomic mass is 16.6. The summed E-state index contributed by atoms with van der Waals surface area (Å²) in [7, 11) is 0. The van der Waals surface area contributed by atoms with E-state index in [9.17, 15) is 29.1 Å². The lowest BCUT2D eigenvalue weighted by molar-refractivity contribution is -0.145. The van der Waals surface area contributed by atoms with Gasteiger partial charge < -0.3 is 35.6 Å². The van der Waals surface area contributed by atoms with Crippen LogP contribution in [0.5, 0.6) is 0 Å². The second kappa shape index (κ2) is 13.1. The van der Waals surface area contributed by atoms with Crippen molar-refractivity contribution in [2.24, 2.45) is 5.92 Å². The van der Waals surface area contributed by atoms with E-state index in [1.54, 1.807) is 25.7 Å². The van der Waals surface area contributed by atoms with Gasteiger partial charge in [0, 0.05) is 25.6 Å². The molecule has 5 amide bonds. The molecule has 0 unspecified atom stereocenters. The molecule has 1 aromatic rings. The number of rotatable bonds is 3. The van der Waals surface area contributed by atoms with E-state index in [-0.39, 0.29) is 31.3 Å². The van der Waals surface area contributed by atoms with Crippen molar-refractivity contribution in [2.75, 3.05) is 13.1 Å². The van der Waals surface area contributed by atoms with Crippen LogP contribution in [0.25, 0.3) is 0 Å². The summed E-state index contributed by atoms with van der Waals surface area (Å²) >= 11 is 0. The molecule has 1 aliphatic carbocycles. The summed E-state index contributed by atoms with van der Waals surface area (Å²) in [5.41, 5.74) is 0.0838. The number of allylic oxidation sites excluding steroid dienone is 1. The first kappa shape index (κ1) is 32.3. The van der Waals surface area contributed by atoms with Gasteiger partial charge in [0.25, 0.3) is 0 Å². The number of carbonyl (C=O) groups is 5. The minimum absolute atomic E-state index is 0.0446. The van der Waals surface area contributed by atoms with Crippen LogP contribution in [0.3, 0.4) is 0 Å². The number of hydrogen-bond acceptors (Lipinski definition) is 6. The van der Waals surface area contributed by atoms with E-state index in [0.717, 1.165) is 31.2 Å². The molecule has 1 saturated carbocycles. The second-order valence-electron chi connectivity index (χ2n) is 13.7. The van der Waals surface area contributed by atoms with Crippen molar-refractivity contribution >= 4 is 29.9 Å². The van der Waals surface area contributed by atoms with E-state index in [1.807, 2.05) is 30.4 Å². The van der Waals surface area contributed by atoms with E-state index in [4.69, 9.17) is 4.74 Å². The maximum Gasteiger partial charge on any atom is 0.408 e. The molecule has 45 heavy (non-hydrogen) atoms. The largest absolute Gasteiger partial charge is 0.479 e. The number of ether oxygens (including phenoxy) is 1. The summed E-state index contributed by atoms with van der Waals surface area (Å²) in [4.78, 5) is 69.5. The van der Waals surface area contributed by atoms with E-state index in [2.05, 4.69) is 22.0 Å². The van der Waals surface area contributed by atoms with Crippen LogP contribution in [0.4, 0.5) is 9.59 Å². The average molecular weight is 624 g/mol. The van der Waals surface area contributed by atoms with Gasteiger partial charge in [-0.05, 0) is 70.4 Å². The molecule has 0 aromatic heterocycles. The van der Waals surface area contributed by atoms with Crippen molar-refractivity contribution in [3.8, 4) is 0 Å². The third kappa shape index (κ3) is 7.59. The van der Waals surface area contributed by atoms with Crippen LogP contribution in [0, 0.1) is 5.92 Å². The molecular formula is C33H45N5O7. The predicted octanol–water partition coefficient (Wildman–Crippen LogP) is 3.10. The SMILES string of the molecule is CC(C)(C)OC(=O)N[C@H]1CCCCC/C=C\[C@H]2C[C@@]2(C(=O)O)NC(=O)[C@@H]2C[C@@H](NC(=O)N3CCc4ccccc4C3)CN2C1=O. The zero-order valence-electron chi connectivity index (χ0n) is 26.3. The molecule has 3 heterocycles. The molecule has 1 saturated heterocycles. The number of alkyl carbamates (subject to hydrolysis) is 1. The van der Waals surface area contributed by atoms with Gasteiger partial charge in [0.2, 0.25) is 11.8 Å². The zero-order valence-corrected chi connectivity index (χ0v) is 26.3. The summed E-state index contributed by atoms with van der Waals surface area (Å²) in [6, 6.07) is 5.16. The van der Waals surface area contributed by atoms with E-state index >= 15 is 0 Å². The Morgan fingerprint density at radius 1 is 1.07 bits per heavy atom. The standard InChI is InChI=1S/C33H45N5O7/c1-32(2,3)45-31(44)35-25-14-8-6-4-5-7-13-23-18-33(23,29(41)42)36-27(39)26-17-24(20-38(26)28(25)40)34-30(43)37-16-15-21-11-9-10-12-22(21)19-37/h7,9-13,23-26H,4-6,8,14-20H2,1-3H3,(H,34,43)(H,35,44)(H,36,39)(H,41,42)/b13-7-/t23-,24+,25-,26-,33+/m0/s1. The topological polar surface area (TPSA) is 157 Å². The number of benzene rings is 1. The molecule has 0 spiro atoms. The van der Waals surface area contributed by atoms with Gasteiger partial charge in [-0.1, -0.05) is 49.3 Å². The number of hydrogen-bond donors (Lipinski definition) is 4. The summed E-state index contributed by atoms with van der Waals surface area (Å²) < 4.78 is 5.44. The fourth-order valence-electron chi connectivity index (χ4n) is 6.59. The third-order valence-corrected chi connectivity index (χ3v) is 9.10. The normalized spacial score (nSPS) is 29.5. The molecule has 2 fully saturated rings. The Balaban J connectivity index is 1.36. The summed E-state index contributed by atoms with van der Waals surface area (Å²) in [5, 5.41) is 18.5. The van der Waals surface area contributed by atoms with E-state index in [0.29, 0.717) is 25.9 Å². The Labute approximate surface area is 263 Å². The molecular weight excluding hydrogens is 578 g/mol. The van der Waals surface area contributed by atoms with Gasteiger partial charge in [0.15, 0.2) is 0 Å². The molecule has 12 nitrogen and oxygen atoms in total. The summed E-state index contributed by atoms with van der Waals surface area (Å²) in [6.45, 7) is 6.24. The van der Waals surface area contributed by atoms with E-state index < -0.39 is 53.1 Å². The molecule has 1 aromatic carbocycles. The number of amides is 5. The maximum atomic E-state index is 14.1. The van der Waals surface area contributed by atoms with Crippen LogP contribution < -0.4 is 16.0 Å². The number of nitrogens with zero attached hydrogens (tertiary/aromatic N) is 2. The number of carboxylic acid groups (broad SMARTS) is 1. The number of carboxylic acids is 1. The molecule has 244 valence electrons. The van der Waals surface area contributed by atoms with Crippen molar-refractivity contribution in [3.05, 3.63) is 47.5 Å². The Kier molecular flexibility index (Phi) is 9.41. The minimum atomic E-state index is -1.43. The fraction of sp³-hybridized carbons (Fsp3) is 0.606. The lowest BCUT2D eigenvalue weighted by Gasteiger charge is -2.30. The molecule has 4 aliphatic rings. The highest BCUT2D eigenvalue weighted by Crippen LogP contribution is 2.45. The van der Waals surface area contributed by atoms with Crippen LogP contribution >= 0.6 is 0 Å². The van der Waals surface area contributed by atoms with Gasteiger partial charge in [-0.2, -0.15) is 0 Å². The molecule has 0 bridgehead atoms. The monoisotopic (exact) mass is 623 g/mol. The Bertz CT molecular complexity index is 1360. The van der Waals surface area contributed by atoms with Crippen LogP contribution in [-0.4, -0.2) is 87.2 Å². The van der Waals surface area contributed by atoms with E-state index in [1.165, 1.54) is 10.5 Å². The molecule has 5 rings (SSSR count). The number of carbonyl (C=O) groups excluding carboxylic acids is 4. The van der Waals surface area contributed by atoms with Gasteiger partial charge >= 0.3 is 18.1 Å². The zero-order chi connectivity index (χ0) is 32.4. The molecule has 3 aliphatic heterocycles. The quantitative estimate of drug-likeness (QED) is 0.377. The number of fused-ring (bicyclic) bond motifs is 3. The Morgan fingerprint density at radius 3 is 2.56 bits per heavy atom. The first-order valence-corrected chi connectivity index (χ1v) is 16.0. The lowest BCUT2D eigenvalue weighted by atomic mass is 10.0. The van der Waals surface area contributed by atoms with Gasteiger partial charge in [-0.3, -0.25) is 9.59 Å². The molecule has 4 N–H and O–H groups in total. The third-order valence-electron chi connectivity index (χ3n) is 9.10. The van der Waals surface area contributed by atoms with Crippen molar-refractivity contribution in [3.63, 3.8) is 0 Å². The predicted molar refractivity (Wildman–Crippen MR) is 165 cm³/mol.